The standard InChI is InChI=1S/C20H23Cl2N3O2/c1-2-27-19-6-4-3-5-18(19)25-11-9-24(10-12-25)14-20(26)23-15-7-8-16(21)17(22)13-15/h3-8,13H,2,9-12,14H2,1H3,(H,23,26). The van der Waals surface area contributed by atoms with Crippen LogP contribution in [0.2, 0.25) is 10.0 Å². The number of para-hydroxylation sites is 2. The predicted octanol–water partition coefficient (Wildman–Crippen LogP) is 4.15. The van der Waals surface area contributed by atoms with Crippen molar-refractivity contribution in [2.45, 2.75) is 6.92 Å². The van der Waals surface area contributed by atoms with E-state index in [0.717, 1.165) is 37.6 Å². The van der Waals surface area contributed by atoms with Gasteiger partial charge in [-0.15, -0.1) is 0 Å². The van der Waals surface area contributed by atoms with Crippen LogP contribution in [0.1, 0.15) is 6.92 Å². The van der Waals surface area contributed by atoms with Crippen molar-refractivity contribution >= 4 is 40.5 Å². The summed E-state index contributed by atoms with van der Waals surface area (Å²) in [6, 6.07) is 13.2. The molecule has 7 heteroatoms. The summed E-state index contributed by atoms with van der Waals surface area (Å²) < 4.78 is 5.73. The van der Waals surface area contributed by atoms with Crippen molar-refractivity contribution in [1.29, 1.82) is 0 Å². The van der Waals surface area contributed by atoms with Crippen molar-refractivity contribution in [3.63, 3.8) is 0 Å². The van der Waals surface area contributed by atoms with Crippen molar-refractivity contribution in [3.8, 4) is 5.75 Å². The van der Waals surface area contributed by atoms with Gasteiger partial charge in [0.1, 0.15) is 5.75 Å². The molecule has 0 spiro atoms. The van der Waals surface area contributed by atoms with Gasteiger partial charge < -0.3 is 15.0 Å². The van der Waals surface area contributed by atoms with E-state index < -0.39 is 0 Å². The molecule has 0 aliphatic carbocycles. The molecule has 0 unspecified atom stereocenters. The van der Waals surface area contributed by atoms with Crippen LogP contribution in [0, 0.1) is 0 Å². The number of carbonyl (C=O) groups is 1. The highest BCUT2D eigenvalue weighted by molar-refractivity contribution is 6.42. The summed E-state index contributed by atoms with van der Waals surface area (Å²) in [7, 11) is 0. The highest BCUT2D eigenvalue weighted by atomic mass is 35.5. The Morgan fingerprint density at radius 1 is 1.07 bits per heavy atom. The highest BCUT2D eigenvalue weighted by Gasteiger charge is 2.21. The Morgan fingerprint density at radius 2 is 1.81 bits per heavy atom. The summed E-state index contributed by atoms with van der Waals surface area (Å²) in [6.45, 7) is 6.31. The molecular weight excluding hydrogens is 385 g/mol. The van der Waals surface area contributed by atoms with E-state index in [1.807, 2.05) is 25.1 Å². The molecule has 1 aliphatic rings. The van der Waals surface area contributed by atoms with Crippen molar-refractivity contribution in [2.24, 2.45) is 0 Å². The van der Waals surface area contributed by atoms with Crippen LogP contribution < -0.4 is 15.0 Å². The number of carbonyl (C=O) groups excluding carboxylic acids is 1. The number of anilines is 2. The van der Waals surface area contributed by atoms with Crippen LogP contribution in [-0.2, 0) is 4.79 Å². The molecule has 0 bridgehead atoms. The number of rotatable bonds is 6. The largest absolute Gasteiger partial charge is 0.492 e. The number of hydrogen-bond acceptors (Lipinski definition) is 4. The maximum Gasteiger partial charge on any atom is 0.238 e. The summed E-state index contributed by atoms with van der Waals surface area (Å²) >= 11 is 11.9. The summed E-state index contributed by atoms with van der Waals surface area (Å²) in [4.78, 5) is 16.8. The average Bonchev–Trinajstić information content (AvgIpc) is 2.66. The molecule has 1 N–H and O–H groups in total. The van der Waals surface area contributed by atoms with E-state index in [-0.39, 0.29) is 5.91 Å². The van der Waals surface area contributed by atoms with Crippen LogP contribution in [-0.4, -0.2) is 50.1 Å². The Balaban J connectivity index is 1.52. The van der Waals surface area contributed by atoms with Gasteiger partial charge in [-0.2, -0.15) is 0 Å². The third-order valence-corrected chi connectivity index (χ3v) is 5.19. The SMILES string of the molecule is CCOc1ccccc1N1CCN(CC(=O)Nc2ccc(Cl)c(Cl)c2)CC1. The maximum atomic E-state index is 12.3. The lowest BCUT2D eigenvalue weighted by Crippen LogP contribution is -2.48. The number of piperazine rings is 1. The van der Waals surface area contributed by atoms with Crippen LogP contribution in [0.5, 0.6) is 5.75 Å². The van der Waals surface area contributed by atoms with E-state index in [0.29, 0.717) is 28.9 Å². The van der Waals surface area contributed by atoms with Crippen LogP contribution in [0.3, 0.4) is 0 Å². The van der Waals surface area contributed by atoms with Gasteiger partial charge in [0.2, 0.25) is 5.91 Å². The molecule has 2 aromatic carbocycles. The first-order valence-electron chi connectivity index (χ1n) is 9.01. The molecule has 0 aromatic heterocycles. The molecule has 2 aromatic rings. The Morgan fingerprint density at radius 3 is 2.52 bits per heavy atom. The lowest BCUT2D eigenvalue weighted by atomic mass is 10.2. The van der Waals surface area contributed by atoms with Crippen molar-refractivity contribution in [1.82, 2.24) is 4.90 Å². The zero-order chi connectivity index (χ0) is 19.2. The summed E-state index contributed by atoms with van der Waals surface area (Å²) in [5.74, 6) is 0.849. The zero-order valence-corrected chi connectivity index (χ0v) is 16.8. The molecule has 1 amide bonds. The molecule has 0 atom stereocenters. The van der Waals surface area contributed by atoms with Gasteiger partial charge in [-0.25, -0.2) is 0 Å². The van der Waals surface area contributed by atoms with Gasteiger partial charge >= 0.3 is 0 Å². The molecule has 144 valence electrons. The molecule has 0 radical (unpaired) electrons. The molecule has 3 rings (SSSR count). The third kappa shape index (κ3) is 5.28. The number of amides is 1. The zero-order valence-electron chi connectivity index (χ0n) is 15.3. The van der Waals surface area contributed by atoms with Gasteiger partial charge in [-0.3, -0.25) is 9.69 Å². The number of benzene rings is 2. The molecule has 1 fully saturated rings. The minimum atomic E-state index is -0.0587. The number of halogens is 2. The molecule has 5 nitrogen and oxygen atoms in total. The fourth-order valence-electron chi connectivity index (χ4n) is 3.12. The Kier molecular flexibility index (Phi) is 6.83. The van der Waals surface area contributed by atoms with Gasteiger partial charge in [0.05, 0.1) is 28.9 Å². The minimum Gasteiger partial charge on any atom is -0.492 e. The van der Waals surface area contributed by atoms with Gasteiger partial charge in [0, 0.05) is 31.9 Å². The van der Waals surface area contributed by atoms with Crippen LogP contribution >= 0.6 is 23.2 Å². The van der Waals surface area contributed by atoms with E-state index in [2.05, 4.69) is 21.2 Å². The minimum absolute atomic E-state index is 0.0587. The van der Waals surface area contributed by atoms with E-state index in [1.165, 1.54) is 0 Å². The quantitative estimate of drug-likeness (QED) is 0.780. The number of hydrogen-bond donors (Lipinski definition) is 1. The average molecular weight is 408 g/mol. The van der Waals surface area contributed by atoms with Crippen molar-refractivity contribution in [3.05, 3.63) is 52.5 Å². The Bertz CT molecular complexity index is 793. The molecular formula is C20H23Cl2N3O2. The monoisotopic (exact) mass is 407 g/mol. The van der Waals surface area contributed by atoms with Gasteiger partial charge in [0.15, 0.2) is 0 Å². The van der Waals surface area contributed by atoms with E-state index in [4.69, 9.17) is 27.9 Å². The second-order valence-electron chi connectivity index (χ2n) is 6.34. The first-order chi connectivity index (χ1) is 13.1. The van der Waals surface area contributed by atoms with Crippen molar-refractivity contribution < 1.29 is 9.53 Å². The smallest absolute Gasteiger partial charge is 0.238 e. The Hall–Kier alpha value is -1.95. The van der Waals surface area contributed by atoms with E-state index >= 15 is 0 Å². The van der Waals surface area contributed by atoms with Gasteiger partial charge in [-0.05, 0) is 37.3 Å². The van der Waals surface area contributed by atoms with E-state index in [9.17, 15) is 4.79 Å². The third-order valence-electron chi connectivity index (χ3n) is 4.45. The molecule has 1 aliphatic heterocycles. The second kappa shape index (κ2) is 9.31. The molecule has 27 heavy (non-hydrogen) atoms. The van der Waals surface area contributed by atoms with Gasteiger partial charge in [0.25, 0.3) is 0 Å². The number of nitrogens with one attached hydrogen (secondary N) is 1. The highest BCUT2D eigenvalue weighted by Crippen LogP contribution is 2.29. The van der Waals surface area contributed by atoms with Crippen molar-refractivity contribution in [2.75, 3.05) is 49.5 Å². The summed E-state index contributed by atoms with van der Waals surface area (Å²) in [6.07, 6.45) is 0. The normalized spacial score (nSPS) is 14.9. The lowest BCUT2D eigenvalue weighted by Gasteiger charge is -2.36. The number of nitrogens with zero attached hydrogens (tertiary/aromatic N) is 2. The summed E-state index contributed by atoms with van der Waals surface area (Å²) in [5, 5.41) is 3.77. The second-order valence-corrected chi connectivity index (χ2v) is 7.16. The molecule has 1 saturated heterocycles. The topological polar surface area (TPSA) is 44.8 Å². The molecule has 0 saturated carbocycles. The Labute approximate surface area is 169 Å². The summed E-state index contributed by atoms with van der Waals surface area (Å²) in [5.41, 5.74) is 1.76. The lowest BCUT2D eigenvalue weighted by molar-refractivity contribution is -0.117. The first kappa shape index (κ1) is 19.8. The maximum absolute atomic E-state index is 12.3. The van der Waals surface area contributed by atoms with E-state index in [1.54, 1.807) is 18.2 Å². The van der Waals surface area contributed by atoms with Gasteiger partial charge in [-0.1, -0.05) is 35.3 Å². The van der Waals surface area contributed by atoms with Crippen LogP contribution in [0.25, 0.3) is 0 Å². The predicted molar refractivity (Wildman–Crippen MR) is 111 cm³/mol. The molecule has 1 heterocycles. The first-order valence-corrected chi connectivity index (χ1v) is 9.76. The fraction of sp³-hybridized carbons (Fsp3) is 0.350. The number of ether oxygens (including phenoxy) is 1. The fourth-order valence-corrected chi connectivity index (χ4v) is 3.42. The van der Waals surface area contributed by atoms with Crippen LogP contribution in [0.4, 0.5) is 11.4 Å². The van der Waals surface area contributed by atoms with Crippen LogP contribution in [0.15, 0.2) is 42.5 Å².